The van der Waals surface area contributed by atoms with Gasteiger partial charge in [0.05, 0.1) is 11.9 Å². The number of anilines is 5. The van der Waals surface area contributed by atoms with E-state index in [2.05, 4.69) is 41.1 Å². The van der Waals surface area contributed by atoms with E-state index >= 15 is 0 Å². The lowest BCUT2D eigenvalue weighted by Gasteiger charge is -2.10. The number of hydrogen-bond donors (Lipinski definition) is 3. The fraction of sp³-hybridized carbons (Fsp3) is 0. The molecule has 0 amide bonds. The van der Waals surface area contributed by atoms with E-state index in [1.54, 1.807) is 12.4 Å². The van der Waals surface area contributed by atoms with E-state index in [9.17, 15) is 0 Å². The minimum atomic E-state index is 0.295. The van der Waals surface area contributed by atoms with Crippen LogP contribution in [-0.4, -0.2) is 26.2 Å². The molecule has 0 radical (unpaired) electrons. The Kier molecular flexibility index (Phi) is 5.63. The molecule has 0 spiro atoms. The Bertz CT molecular complexity index is 1010. The van der Waals surface area contributed by atoms with Crippen molar-refractivity contribution in [2.75, 3.05) is 16.1 Å². The van der Waals surface area contributed by atoms with Crippen LogP contribution < -0.4 is 16.1 Å². The fourth-order valence-electron chi connectivity index (χ4n) is 2.45. The molecule has 0 unspecified atom stereocenters. The van der Waals surface area contributed by atoms with Crippen LogP contribution in [0.25, 0.3) is 0 Å². The highest BCUT2D eigenvalue weighted by atomic mass is 15.4. The summed E-state index contributed by atoms with van der Waals surface area (Å²) in [6.45, 7) is 0. The molecule has 0 aliphatic rings. The highest BCUT2D eigenvalue weighted by Gasteiger charge is 2.07. The Balaban J connectivity index is 1.57. The number of nitrogens with one attached hydrogen (secondary N) is 3. The molecule has 3 N–H and O–H groups in total. The van der Waals surface area contributed by atoms with E-state index in [1.807, 2.05) is 78.9 Å². The summed E-state index contributed by atoms with van der Waals surface area (Å²) >= 11 is 0. The van der Waals surface area contributed by atoms with Crippen molar-refractivity contribution in [3.63, 3.8) is 0 Å². The molecule has 0 atom stereocenters. The van der Waals surface area contributed by atoms with Crippen LogP contribution in [0.3, 0.4) is 0 Å². The molecule has 2 aromatic carbocycles. The van der Waals surface area contributed by atoms with Gasteiger partial charge in [0.2, 0.25) is 17.8 Å². The van der Waals surface area contributed by atoms with E-state index in [1.165, 1.54) is 0 Å². The average Bonchev–Trinajstić information content (AvgIpc) is 2.76. The second-order valence-electron chi connectivity index (χ2n) is 5.91. The van der Waals surface area contributed by atoms with Crippen molar-refractivity contribution in [1.82, 2.24) is 19.9 Å². The highest BCUT2D eigenvalue weighted by molar-refractivity contribution is 5.77. The molecular formula is C21H18N8. The number of hydrazone groups is 1. The number of benzene rings is 2. The summed E-state index contributed by atoms with van der Waals surface area (Å²) in [5.74, 6) is 1.07. The molecule has 0 saturated heterocycles. The Hall–Kier alpha value is -4.33. The lowest BCUT2D eigenvalue weighted by Crippen LogP contribution is -2.07. The highest BCUT2D eigenvalue weighted by Crippen LogP contribution is 2.18. The summed E-state index contributed by atoms with van der Waals surface area (Å²) in [5.41, 5.74) is 5.29. The van der Waals surface area contributed by atoms with Gasteiger partial charge in [0.1, 0.15) is 0 Å². The summed E-state index contributed by atoms with van der Waals surface area (Å²) in [6.07, 6.45) is 3.30. The predicted octanol–water partition coefficient (Wildman–Crippen LogP) is 4.20. The first-order valence-electron chi connectivity index (χ1n) is 8.95. The first kappa shape index (κ1) is 18.1. The third-order valence-corrected chi connectivity index (χ3v) is 3.74. The van der Waals surface area contributed by atoms with Crippen LogP contribution >= 0.6 is 0 Å². The van der Waals surface area contributed by atoms with E-state index in [0.29, 0.717) is 17.8 Å². The summed E-state index contributed by atoms with van der Waals surface area (Å²) < 4.78 is 0. The van der Waals surface area contributed by atoms with Gasteiger partial charge < -0.3 is 10.6 Å². The van der Waals surface area contributed by atoms with Crippen LogP contribution in [0.4, 0.5) is 29.2 Å². The van der Waals surface area contributed by atoms with Crippen molar-refractivity contribution in [1.29, 1.82) is 0 Å². The maximum atomic E-state index is 4.44. The maximum Gasteiger partial charge on any atom is 0.250 e. The van der Waals surface area contributed by atoms with Gasteiger partial charge in [0.25, 0.3) is 0 Å². The van der Waals surface area contributed by atoms with Crippen molar-refractivity contribution in [2.45, 2.75) is 0 Å². The number of para-hydroxylation sites is 2. The summed E-state index contributed by atoms with van der Waals surface area (Å²) in [6, 6.07) is 24.9. The molecule has 4 aromatic rings. The Labute approximate surface area is 167 Å². The second kappa shape index (κ2) is 9.05. The topological polar surface area (TPSA) is 100 Å². The minimum Gasteiger partial charge on any atom is -0.324 e. The molecule has 29 heavy (non-hydrogen) atoms. The number of aromatic nitrogens is 4. The predicted molar refractivity (Wildman–Crippen MR) is 115 cm³/mol. The number of pyridine rings is 1. The van der Waals surface area contributed by atoms with Crippen LogP contribution in [0.5, 0.6) is 0 Å². The summed E-state index contributed by atoms with van der Waals surface area (Å²) in [5, 5.41) is 10.5. The van der Waals surface area contributed by atoms with Crippen LogP contribution in [0.1, 0.15) is 5.69 Å². The quantitative estimate of drug-likeness (QED) is 0.325. The van der Waals surface area contributed by atoms with Crippen molar-refractivity contribution >= 4 is 35.4 Å². The SMILES string of the molecule is C(=NNc1nc(Nc2ccccc2)nc(Nc2ccccc2)n1)c1ccccn1. The van der Waals surface area contributed by atoms with E-state index in [4.69, 9.17) is 0 Å². The monoisotopic (exact) mass is 382 g/mol. The van der Waals surface area contributed by atoms with Crippen LogP contribution in [-0.2, 0) is 0 Å². The molecule has 2 heterocycles. The lowest BCUT2D eigenvalue weighted by molar-refractivity contribution is 1.04. The van der Waals surface area contributed by atoms with Gasteiger partial charge in [-0.05, 0) is 36.4 Å². The largest absolute Gasteiger partial charge is 0.324 e. The molecule has 142 valence electrons. The molecule has 8 heteroatoms. The second-order valence-corrected chi connectivity index (χ2v) is 5.91. The van der Waals surface area contributed by atoms with Crippen LogP contribution in [0.15, 0.2) is 90.2 Å². The van der Waals surface area contributed by atoms with Crippen molar-refractivity contribution < 1.29 is 0 Å². The molecule has 0 aliphatic carbocycles. The fourth-order valence-corrected chi connectivity index (χ4v) is 2.45. The van der Waals surface area contributed by atoms with Gasteiger partial charge in [0, 0.05) is 17.6 Å². The molecular weight excluding hydrogens is 364 g/mol. The normalized spacial score (nSPS) is 10.6. The molecule has 0 bridgehead atoms. The van der Waals surface area contributed by atoms with E-state index in [0.717, 1.165) is 17.1 Å². The lowest BCUT2D eigenvalue weighted by atomic mass is 10.3. The van der Waals surface area contributed by atoms with E-state index in [-0.39, 0.29) is 0 Å². The molecule has 8 nitrogen and oxygen atoms in total. The Morgan fingerprint density at radius 2 is 1.17 bits per heavy atom. The van der Waals surface area contributed by atoms with Gasteiger partial charge in [-0.15, -0.1) is 0 Å². The van der Waals surface area contributed by atoms with Gasteiger partial charge in [0.15, 0.2) is 0 Å². The van der Waals surface area contributed by atoms with Crippen molar-refractivity contribution in [3.05, 3.63) is 90.8 Å². The van der Waals surface area contributed by atoms with E-state index < -0.39 is 0 Å². The Morgan fingerprint density at radius 3 is 1.72 bits per heavy atom. The average molecular weight is 382 g/mol. The van der Waals surface area contributed by atoms with Gasteiger partial charge in [-0.25, -0.2) is 5.43 Å². The zero-order valence-corrected chi connectivity index (χ0v) is 15.4. The smallest absolute Gasteiger partial charge is 0.250 e. The van der Waals surface area contributed by atoms with Gasteiger partial charge >= 0.3 is 0 Å². The first-order chi connectivity index (χ1) is 14.3. The van der Waals surface area contributed by atoms with Gasteiger partial charge in [-0.2, -0.15) is 20.1 Å². The Morgan fingerprint density at radius 1 is 0.621 bits per heavy atom. The van der Waals surface area contributed by atoms with Crippen molar-refractivity contribution in [3.8, 4) is 0 Å². The maximum absolute atomic E-state index is 4.44. The molecule has 0 saturated carbocycles. The molecule has 2 aromatic heterocycles. The number of rotatable bonds is 7. The zero-order chi connectivity index (χ0) is 19.7. The van der Waals surface area contributed by atoms with Crippen molar-refractivity contribution in [2.24, 2.45) is 5.10 Å². The minimum absolute atomic E-state index is 0.295. The number of hydrogen-bond acceptors (Lipinski definition) is 8. The molecule has 4 rings (SSSR count). The molecule has 0 fully saturated rings. The van der Waals surface area contributed by atoms with Gasteiger partial charge in [-0.3, -0.25) is 4.98 Å². The standard InChI is InChI=1S/C21H18N8/c1-3-9-16(10-4-1)24-19-26-20(25-17-11-5-2-6-12-17)28-21(27-19)29-23-15-18-13-7-8-14-22-18/h1-15H,(H3,24,25,26,27,28,29). The first-order valence-corrected chi connectivity index (χ1v) is 8.95. The van der Waals surface area contributed by atoms with Gasteiger partial charge in [-0.1, -0.05) is 42.5 Å². The summed E-state index contributed by atoms with van der Waals surface area (Å²) in [4.78, 5) is 17.4. The van der Waals surface area contributed by atoms with Crippen LogP contribution in [0, 0.1) is 0 Å². The summed E-state index contributed by atoms with van der Waals surface area (Å²) in [7, 11) is 0. The molecule has 0 aliphatic heterocycles. The zero-order valence-electron chi connectivity index (χ0n) is 15.4. The third-order valence-electron chi connectivity index (χ3n) is 3.74. The number of nitrogens with zero attached hydrogens (tertiary/aromatic N) is 5. The van der Waals surface area contributed by atoms with Crippen LogP contribution in [0.2, 0.25) is 0 Å². The third kappa shape index (κ3) is 5.33.